The number of rotatable bonds is 1. The van der Waals surface area contributed by atoms with E-state index < -0.39 is 0 Å². The molecule has 98 valence electrons. The normalized spacial score (nSPS) is 19.7. The lowest BCUT2D eigenvalue weighted by atomic mass is 10.2. The minimum Gasteiger partial charge on any atom is -0.358 e. The third-order valence-electron chi connectivity index (χ3n) is 2.57. The number of hydrogen-bond acceptors (Lipinski definition) is 2. The molecular weight excluding hydrogens is 280 g/mol. The van der Waals surface area contributed by atoms with Gasteiger partial charge in [-0.3, -0.25) is 9.69 Å². The molecule has 0 radical (unpaired) electrons. The van der Waals surface area contributed by atoms with Gasteiger partial charge in [-0.2, -0.15) is 0 Å². The molecule has 3 nitrogen and oxygen atoms in total. The highest BCUT2D eigenvalue weighted by Crippen LogP contribution is 2.20. The van der Waals surface area contributed by atoms with Crippen LogP contribution >= 0.6 is 23.8 Å². The second-order valence-corrected chi connectivity index (χ2v) is 4.78. The minimum absolute atomic E-state index is 0.0914. The van der Waals surface area contributed by atoms with Crippen molar-refractivity contribution in [2.75, 3.05) is 11.4 Å². The van der Waals surface area contributed by atoms with Crippen molar-refractivity contribution >= 4 is 40.5 Å². The van der Waals surface area contributed by atoms with Crippen LogP contribution in [0.15, 0.2) is 48.6 Å². The summed E-state index contributed by atoms with van der Waals surface area (Å²) in [5.41, 5.74) is 0.674. The first-order valence-corrected chi connectivity index (χ1v) is 6.65. The highest BCUT2D eigenvalue weighted by molar-refractivity contribution is 7.80. The monoisotopic (exact) mass is 292 g/mol. The van der Waals surface area contributed by atoms with E-state index in [0.717, 1.165) is 0 Å². The second-order valence-electron chi connectivity index (χ2n) is 3.96. The van der Waals surface area contributed by atoms with Crippen LogP contribution in [0.3, 0.4) is 0 Å². The number of nitrogens with zero attached hydrogens (tertiary/aromatic N) is 1. The van der Waals surface area contributed by atoms with Crippen molar-refractivity contribution in [3.05, 3.63) is 53.6 Å². The lowest BCUT2D eigenvalue weighted by Crippen LogP contribution is -2.43. The Bertz CT molecular complexity index is 554. The number of benzene rings is 1. The molecule has 2 rings (SSSR count). The molecule has 0 bridgehead atoms. The Balaban J connectivity index is 2.33. The van der Waals surface area contributed by atoms with Gasteiger partial charge in [0, 0.05) is 18.0 Å². The molecule has 0 aromatic heterocycles. The van der Waals surface area contributed by atoms with Crippen LogP contribution in [0.4, 0.5) is 5.69 Å². The van der Waals surface area contributed by atoms with Crippen molar-refractivity contribution in [2.24, 2.45) is 0 Å². The zero-order valence-corrected chi connectivity index (χ0v) is 11.7. The van der Waals surface area contributed by atoms with Crippen molar-refractivity contribution in [3.63, 3.8) is 0 Å². The van der Waals surface area contributed by atoms with Gasteiger partial charge in [-0.05, 0) is 30.4 Å². The summed E-state index contributed by atoms with van der Waals surface area (Å²) in [6.07, 6.45) is 7.78. The molecule has 0 atom stereocenters. The standard InChI is InChI=1S/C14H13ClN2OS/c15-11-6-5-7-12(10-11)17-13(18)8-3-1-2-4-9-16-14(17)19/h1-7,10H,8-9H2,(H,16,19)/b3-1-,4-2-. The first kappa shape index (κ1) is 13.8. The van der Waals surface area contributed by atoms with E-state index in [9.17, 15) is 4.79 Å². The van der Waals surface area contributed by atoms with Crippen LogP contribution in [0.2, 0.25) is 5.02 Å². The Morgan fingerprint density at radius 3 is 2.84 bits per heavy atom. The average Bonchev–Trinajstić information content (AvgIpc) is 2.37. The van der Waals surface area contributed by atoms with E-state index >= 15 is 0 Å². The van der Waals surface area contributed by atoms with Gasteiger partial charge in [0.05, 0.1) is 5.69 Å². The highest BCUT2D eigenvalue weighted by atomic mass is 35.5. The zero-order valence-electron chi connectivity index (χ0n) is 10.2. The number of amides is 1. The van der Waals surface area contributed by atoms with Crippen molar-refractivity contribution in [3.8, 4) is 0 Å². The number of anilines is 1. The van der Waals surface area contributed by atoms with Crippen LogP contribution in [0.25, 0.3) is 0 Å². The van der Waals surface area contributed by atoms with Crippen molar-refractivity contribution in [1.82, 2.24) is 5.32 Å². The Hall–Kier alpha value is -1.65. The molecule has 1 aromatic rings. The molecule has 0 fully saturated rings. The predicted molar refractivity (Wildman–Crippen MR) is 82.4 cm³/mol. The van der Waals surface area contributed by atoms with Crippen molar-refractivity contribution in [1.29, 1.82) is 0 Å². The Labute approximate surface area is 122 Å². The first-order valence-electron chi connectivity index (χ1n) is 5.86. The smallest absolute Gasteiger partial charge is 0.237 e. The maximum atomic E-state index is 12.2. The summed E-state index contributed by atoms with van der Waals surface area (Å²) in [4.78, 5) is 13.7. The second kappa shape index (κ2) is 6.50. The van der Waals surface area contributed by atoms with Gasteiger partial charge in [-0.15, -0.1) is 0 Å². The SMILES string of the molecule is O=C1C/C=C\C=C/CNC(=S)N1c1cccc(Cl)c1. The molecule has 0 aliphatic carbocycles. The summed E-state index contributed by atoms with van der Waals surface area (Å²) in [5.74, 6) is -0.0914. The molecule has 1 heterocycles. The number of halogens is 1. The van der Waals surface area contributed by atoms with E-state index in [2.05, 4.69) is 5.32 Å². The average molecular weight is 293 g/mol. The first-order chi connectivity index (χ1) is 9.18. The topological polar surface area (TPSA) is 32.3 Å². The molecule has 0 unspecified atom stereocenters. The lowest BCUT2D eigenvalue weighted by Gasteiger charge is -2.24. The quantitative estimate of drug-likeness (QED) is 0.808. The highest BCUT2D eigenvalue weighted by Gasteiger charge is 2.19. The van der Waals surface area contributed by atoms with Gasteiger partial charge >= 0.3 is 0 Å². The number of carbonyl (C=O) groups excluding carboxylic acids is 1. The van der Waals surface area contributed by atoms with Crippen molar-refractivity contribution in [2.45, 2.75) is 6.42 Å². The zero-order chi connectivity index (χ0) is 13.7. The summed E-state index contributed by atoms with van der Waals surface area (Å²) in [7, 11) is 0. The summed E-state index contributed by atoms with van der Waals surface area (Å²) >= 11 is 11.2. The van der Waals surface area contributed by atoms with Crippen LogP contribution in [0.1, 0.15) is 6.42 Å². The third-order valence-corrected chi connectivity index (χ3v) is 3.13. The van der Waals surface area contributed by atoms with Gasteiger partial charge in [-0.1, -0.05) is 42.0 Å². The number of nitrogens with one attached hydrogen (secondary N) is 1. The maximum Gasteiger partial charge on any atom is 0.237 e. The van der Waals surface area contributed by atoms with E-state index in [1.165, 1.54) is 4.90 Å². The summed E-state index contributed by atoms with van der Waals surface area (Å²) in [6, 6.07) is 7.08. The van der Waals surface area contributed by atoms with Gasteiger partial charge in [0.2, 0.25) is 5.91 Å². The fraction of sp³-hybridized carbons (Fsp3) is 0.143. The largest absolute Gasteiger partial charge is 0.358 e. The van der Waals surface area contributed by atoms with Gasteiger partial charge in [0.1, 0.15) is 0 Å². The predicted octanol–water partition coefficient (Wildman–Crippen LogP) is 3.06. The van der Waals surface area contributed by atoms with E-state index in [1.54, 1.807) is 18.2 Å². The number of hydrogen-bond donors (Lipinski definition) is 1. The molecule has 0 saturated carbocycles. The molecular formula is C14H13ClN2OS. The molecule has 1 aliphatic rings. The van der Waals surface area contributed by atoms with Crippen LogP contribution in [-0.4, -0.2) is 17.6 Å². The summed E-state index contributed by atoms with van der Waals surface area (Å²) in [6.45, 7) is 0.577. The molecule has 0 saturated heterocycles. The molecule has 0 spiro atoms. The summed E-state index contributed by atoms with van der Waals surface area (Å²) in [5, 5.41) is 3.98. The number of carbonyl (C=O) groups is 1. The van der Waals surface area contributed by atoms with Crippen LogP contribution in [0.5, 0.6) is 0 Å². The van der Waals surface area contributed by atoms with Gasteiger partial charge in [-0.25, -0.2) is 0 Å². The molecule has 19 heavy (non-hydrogen) atoms. The van der Waals surface area contributed by atoms with E-state index in [1.807, 2.05) is 30.4 Å². The van der Waals surface area contributed by atoms with E-state index in [-0.39, 0.29) is 5.91 Å². The third kappa shape index (κ3) is 3.66. The van der Waals surface area contributed by atoms with Crippen molar-refractivity contribution < 1.29 is 4.79 Å². The van der Waals surface area contributed by atoms with Gasteiger partial charge < -0.3 is 5.32 Å². The Kier molecular flexibility index (Phi) is 4.71. The molecule has 1 N–H and O–H groups in total. The molecule has 1 aliphatic heterocycles. The minimum atomic E-state index is -0.0914. The van der Waals surface area contributed by atoms with E-state index in [4.69, 9.17) is 23.8 Å². The molecule has 1 aromatic carbocycles. The number of allylic oxidation sites excluding steroid dienone is 2. The number of thiocarbonyl (C=S) groups is 1. The molecule has 1 amide bonds. The van der Waals surface area contributed by atoms with Crippen LogP contribution in [-0.2, 0) is 4.79 Å². The maximum absolute atomic E-state index is 12.2. The van der Waals surface area contributed by atoms with Crippen LogP contribution in [0, 0.1) is 0 Å². The fourth-order valence-corrected chi connectivity index (χ4v) is 2.18. The summed E-state index contributed by atoms with van der Waals surface area (Å²) < 4.78 is 0. The lowest BCUT2D eigenvalue weighted by molar-refractivity contribution is -0.116. The Morgan fingerprint density at radius 2 is 2.05 bits per heavy atom. The van der Waals surface area contributed by atoms with Crippen LogP contribution < -0.4 is 10.2 Å². The Morgan fingerprint density at radius 1 is 1.26 bits per heavy atom. The fourth-order valence-electron chi connectivity index (χ4n) is 1.70. The molecule has 5 heteroatoms. The van der Waals surface area contributed by atoms with Gasteiger partial charge in [0.25, 0.3) is 0 Å². The van der Waals surface area contributed by atoms with Gasteiger partial charge in [0.15, 0.2) is 5.11 Å². The van der Waals surface area contributed by atoms with E-state index in [0.29, 0.717) is 28.8 Å².